The second-order valence-corrected chi connectivity index (χ2v) is 5.15. The Morgan fingerprint density at radius 1 is 1.09 bits per heavy atom. The number of ether oxygens (including phenoxy) is 1. The quantitative estimate of drug-likeness (QED) is 0.815. The number of benzene rings is 1. The molecule has 0 unspecified atom stereocenters. The normalized spacial score (nSPS) is 10.0. The van der Waals surface area contributed by atoms with E-state index in [-0.39, 0.29) is 0 Å². The van der Waals surface area contributed by atoms with Gasteiger partial charge in [-0.15, -0.1) is 0 Å². The summed E-state index contributed by atoms with van der Waals surface area (Å²) in [5.74, 6) is -1.23. The number of urea groups is 1. The van der Waals surface area contributed by atoms with Crippen molar-refractivity contribution < 1.29 is 19.1 Å². The Hall–Kier alpha value is -2.37. The number of amides is 3. The Kier molecular flexibility index (Phi) is 6.56. The van der Waals surface area contributed by atoms with Gasteiger partial charge in [0.15, 0.2) is 6.61 Å². The Balaban J connectivity index is 2.56. The SMILES string of the molecule is CCCNC(=O)NC(=O)COC(=O)c1c(C)cc(C)cc1C. The number of esters is 1. The lowest BCUT2D eigenvalue weighted by Crippen LogP contribution is -2.41. The zero-order chi connectivity index (χ0) is 16.7. The minimum absolute atomic E-state index is 0.453. The number of aryl methyl sites for hydroxylation is 3. The van der Waals surface area contributed by atoms with Crippen molar-refractivity contribution in [2.45, 2.75) is 34.1 Å². The summed E-state index contributed by atoms with van der Waals surface area (Å²) in [6, 6.07) is 3.16. The summed E-state index contributed by atoms with van der Waals surface area (Å²) in [6.45, 7) is 7.45. The van der Waals surface area contributed by atoms with E-state index < -0.39 is 24.5 Å². The number of hydrogen-bond donors (Lipinski definition) is 2. The molecule has 0 radical (unpaired) electrons. The van der Waals surface area contributed by atoms with Gasteiger partial charge in [0, 0.05) is 6.54 Å². The van der Waals surface area contributed by atoms with Crippen LogP contribution in [0.1, 0.15) is 40.4 Å². The van der Waals surface area contributed by atoms with Crippen LogP contribution in [0.3, 0.4) is 0 Å². The van der Waals surface area contributed by atoms with Gasteiger partial charge in [0.2, 0.25) is 0 Å². The summed E-state index contributed by atoms with van der Waals surface area (Å²) in [5, 5.41) is 4.59. The molecule has 0 heterocycles. The number of hydrogen-bond acceptors (Lipinski definition) is 4. The highest BCUT2D eigenvalue weighted by molar-refractivity contribution is 5.97. The number of carbonyl (C=O) groups is 3. The summed E-state index contributed by atoms with van der Waals surface area (Å²) in [7, 11) is 0. The van der Waals surface area contributed by atoms with Crippen molar-refractivity contribution in [3.8, 4) is 0 Å². The van der Waals surface area contributed by atoms with Crippen molar-refractivity contribution in [3.63, 3.8) is 0 Å². The van der Waals surface area contributed by atoms with Crippen LogP contribution in [0.4, 0.5) is 4.79 Å². The van der Waals surface area contributed by atoms with Crippen LogP contribution in [-0.4, -0.2) is 31.1 Å². The first-order valence-electron chi connectivity index (χ1n) is 7.17. The number of nitrogens with one attached hydrogen (secondary N) is 2. The zero-order valence-electron chi connectivity index (χ0n) is 13.4. The van der Waals surface area contributed by atoms with E-state index in [1.54, 1.807) is 0 Å². The van der Waals surface area contributed by atoms with Crippen LogP contribution in [0, 0.1) is 20.8 Å². The molecule has 0 saturated carbocycles. The third-order valence-corrected chi connectivity index (χ3v) is 3.00. The van der Waals surface area contributed by atoms with E-state index in [0.717, 1.165) is 23.1 Å². The van der Waals surface area contributed by atoms with Gasteiger partial charge in [-0.1, -0.05) is 24.6 Å². The standard InChI is InChI=1S/C16H22N2O4/c1-5-6-17-16(21)18-13(19)9-22-15(20)14-11(3)7-10(2)8-12(14)4/h7-8H,5-6,9H2,1-4H3,(H2,17,18,19,21). The van der Waals surface area contributed by atoms with Crippen molar-refractivity contribution in [1.82, 2.24) is 10.6 Å². The summed E-state index contributed by atoms with van der Waals surface area (Å²) in [5.41, 5.74) is 3.10. The Bertz CT molecular complexity index is 559. The molecule has 1 aromatic carbocycles. The van der Waals surface area contributed by atoms with Gasteiger partial charge in [0.05, 0.1) is 5.56 Å². The molecule has 0 bridgehead atoms. The Morgan fingerprint density at radius 3 is 2.23 bits per heavy atom. The summed E-state index contributed by atoms with van der Waals surface area (Å²) in [6.07, 6.45) is 0.766. The molecule has 0 fully saturated rings. The van der Waals surface area contributed by atoms with E-state index >= 15 is 0 Å². The molecule has 3 amide bonds. The molecule has 6 nitrogen and oxygen atoms in total. The molecule has 0 aliphatic rings. The predicted molar refractivity (Wildman–Crippen MR) is 82.8 cm³/mol. The minimum Gasteiger partial charge on any atom is -0.452 e. The van der Waals surface area contributed by atoms with Crippen LogP contribution >= 0.6 is 0 Å². The van der Waals surface area contributed by atoms with Gasteiger partial charge in [-0.3, -0.25) is 10.1 Å². The van der Waals surface area contributed by atoms with Crippen LogP contribution in [-0.2, 0) is 9.53 Å². The fourth-order valence-corrected chi connectivity index (χ4v) is 2.15. The molecule has 120 valence electrons. The van der Waals surface area contributed by atoms with Crippen LogP contribution in [0.5, 0.6) is 0 Å². The van der Waals surface area contributed by atoms with E-state index in [2.05, 4.69) is 10.6 Å². The van der Waals surface area contributed by atoms with Gasteiger partial charge in [-0.2, -0.15) is 0 Å². The lowest BCUT2D eigenvalue weighted by atomic mass is 10.00. The second kappa shape index (κ2) is 8.17. The molecule has 0 spiro atoms. The highest BCUT2D eigenvalue weighted by Gasteiger charge is 2.16. The molecule has 6 heteroatoms. The second-order valence-electron chi connectivity index (χ2n) is 5.15. The fraction of sp³-hybridized carbons (Fsp3) is 0.438. The van der Waals surface area contributed by atoms with Crippen LogP contribution in [0.15, 0.2) is 12.1 Å². The van der Waals surface area contributed by atoms with E-state index in [4.69, 9.17) is 4.74 Å². The molecule has 22 heavy (non-hydrogen) atoms. The Labute approximate surface area is 130 Å². The minimum atomic E-state index is -0.663. The average Bonchev–Trinajstić information content (AvgIpc) is 2.41. The Morgan fingerprint density at radius 2 is 1.68 bits per heavy atom. The molecular formula is C16H22N2O4. The third-order valence-electron chi connectivity index (χ3n) is 3.00. The zero-order valence-corrected chi connectivity index (χ0v) is 13.4. The fourth-order valence-electron chi connectivity index (χ4n) is 2.15. The lowest BCUT2D eigenvalue weighted by molar-refractivity contribution is -0.123. The first-order valence-corrected chi connectivity index (χ1v) is 7.17. The molecule has 2 N–H and O–H groups in total. The van der Waals surface area contributed by atoms with E-state index in [0.29, 0.717) is 12.1 Å². The van der Waals surface area contributed by atoms with E-state index in [1.165, 1.54) is 0 Å². The van der Waals surface area contributed by atoms with Gasteiger partial charge >= 0.3 is 12.0 Å². The van der Waals surface area contributed by atoms with Crippen LogP contribution in [0.2, 0.25) is 0 Å². The van der Waals surface area contributed by atoms with Crippen LogP contribution < -0.4 is 10.6 Å². The maximum Gasteiger partial charge on any atom is 0.339 e. The predicted octanol–water partition coefficient (Wildman–Crippen LogP) is 2.00. The van der Waals surface area contributed by atoms with Crippen molar-refractivity contribution in [3.05, 3.63) is 34.4 Å². The van der Waals surface area contributed by atoms with Crippen molar-refractivity contribution in [1.29, 1.82) is 0 Å². The van der Waals surface area contributed by atoms with Gasteiger partial charge in [0.25, 0.3) is 5.91 Å². The topological polar surface area (TPSA) is 84.5 Å². The highest BCUT2D eigenvalue weighted by atomic mass is 16.5. The molecule has 0 aliphatic carbocycles. The molecule has 0 aromatic heterocycles. The van der Waals surface area contributed by atoms with Gasteiger partial charge in [-0.05, 0) is 38.3 Å². The number of rotatable bonds is 5. The van der Waals surface area contributed by atoms with Crippen molar-refractivity contribution >= 4 is 17.9 Å². The number of imide groups is 1. The lowest BCUT2D eigenvalue weighted by Gasteiger charge is -2.11. The van der Waals surface area contributed by atoms with E-state index in [9.17, 15) is 14.4 Å². The highest BCUT2D eigenvalue weighted by Crippen LogP contribution is 2.17. The maximum atomic E-state index is 12.1. The first-order chi connectivity index (χ1) is 10.3. The molecular weight excluding hydrogens is 284 g/mol. The van der Waals surface area contributed by atoms with E-state index in [1.807, 2.05) is 39.8 Å². The smallest absolute Gasteiger partial charge is 0.339 e. The van der Waals surface area contributed by atoms with Gasteiger partial charge < -0.3 is 10.1 Å². The van der Waals surface area contributed by atoms with Crippen molar-refractivity contribution in [2.75, 3.05) is 13.2 Å². The molecule has 1 rings (SSSR count). The third kappa shape index (κ3) is 5.20. The molecule has 0 aliphatic heterocycles. The number of carbonyl (C=O) groups excluding carboxylic acids is 3. The summed E-state index contributed by atoms with van der Waals surface area (Å²) in [4.78, 5) is 34.9. The molecule has 0 atom stereocenters. The monoisotopic (exact) mass is 306 g/mol. The summed E-state index contributed by atoms with van der Waals surface area (Å²) >= 11 is 0. The van der Waals surface area contributed by atoms with Crippen molar-refractivity contribution in [2.24, 2.45) is 0 Å². The average molecular weight is 306 g/mol. The first kappa shape index (κ1) is 17.7. The van der Waals surface area contributed by atoms with Crippen LogP contribution in [0.25, 0.3) is 0 Å². The maximum absolute atomic E-state index is 12.1. The largest absolute Gasteiger partial charge is 0.452 e. The molecule has 1 aromatic rings. The molecule has 0 saturated heterocycles. The van der Waals surface area contributed by atoms with Gasteiger partial charge in [-0.25, -0.2) is 9.59 Å². The van der Waals surface area contributed by atoms with Gasteiger partial charge in [0.1, 0.15) is 0 Å². The summed E-state index contributed by atoms with van der Waals surface area (Å²) < 4.78 is 4.97.